The van der Waals surface area contributed by atoms with Gasteiger partial charge in [-0.1, -0.05) is 0 Å². The van der Waals surface area contributed by atoms with E-state index in [0.29, 0.717) is 18.9 Å². The minimum absolute atomic E-state index is 0.255. The molecule has 32 heavy (non-hydrogen) atoms. The van der Waals surface area contributed by atoms with Gasteiger partial charge in [-0.3, -0.25) is 0 Å². The summed E-state index contributed by atoms with van der Waals surface area (Å²) in [5, 5.41) is 1.08. The van der Waals surface area contributed by atoms with Gasteiger partial charge in [-0.2, -0.15) is 0 Å². The first-order valence-corrected chi connectivity index (χ1v) is 15.9. The zero-order chi connectivity index (χ0) is 22.7. The van der Waals surface area contributed by atoms with E-state index < -0.39 is 11.1 Å². The summed E-state index contributed by atoms with van der Waals surface area (Å²) in [5.41, 5.74) is 0.368. The van der Waals surface area contributed by atoms with E-state index in [0.717, 1.165) is 12.8 Å². The van der Waals surface area contributed by atoms with Crippen molar-refractivity contribution in [1.29, 1.82) is 0 Å². The van der Waals surface area contributed by atoms with E-state index in [1.807, 2.05) is 0 Å². The summed E-state index contributed by atoms with van der Waals surface area (Å²) in [6.07, 6.45) is 2.04. The number of hydrogen-bond acceptors (Lipinski definition) is 2. The Morgan fingerprint density at radius 2 is 1.16 bits per heavy atom. The SMILES string of the molecule is CCC(CC(C)C1(C)OCCO1)P(Br)(c1ccccc1)(c1ccccc1)c1ccccc1. The Balaban J connectivity index is 1.98. The summed E-state index contributed by atoms with van der Waals surface area (Å²) in [5.74, 6) is -0.273. The van der Waals surface area contributed by atoms with Gasteiger partial charge in [0, 0.05) is 0 Å². The molecule has 3 aromatic rings. The van der Waals surface area contributed by atoms with Crippen molar-refractivity contribution in [3.63, 3.8) is 0 Å². The molecular weight excluding hydrogens is 479 g/mol. The Morgan fingerprint density at radius 3 is 1.50 bits per heavy atom. The van der Waals surface area contributed by atoms with Gasteiger partial charge in [0.2, 0.25) is 0 Å². The fourth-order valence-electron chi connectivity index (χ4n) is 5.38. The van der Waals surface area contributed by atoms with Crippen LogP contribution >= 0.6 is 20.8 Å². The minimum atomic E-state index is -3.02. The first kappa shape index (κ1) is 23.6. The van der Waals surface area contributed by atoms with Crippen LogP contribution in [0.5, 0.6) is 0 Å². The predicted molar refractivity (Wildman–Crippen MR) is 142 cm³/mol. The summed E-state index contributed by atoms with van der Waals surface area (Å²) in [7, 11) is 0. The molecular formula is C28H34BrO2P. The molecule has 1 aliphatic rings. The third-order valence-electron chi connectivity index (χ3n) is 7.32. The van der Waals surface area contributed by atoms with E-state index in [2.05, 4.69) is 127 Å². The van der Waals surface area contributed by atoms with Crippen LogP contribution in [0.15, 0.2) is 91.0 Å². The molecule has 0 bridgehead atoms. The van der Waals surface area contributed by atoms with E-state index in [1.54, 1.807) is 0 Å². The van der Waals surface area contributed by atoms with Crippen molar-refractivity contribution in [3.8, 4) is 0 Å². The molecule has 2 nitrogen and oxygen atoms in total. The molecule has 4 heteroatoms. The van der Waals surface area contributed by atoms with Gasteiger partial charge >= 0.3 is 201 Å². The Bertz CT molecular complexity index is 904. The summed E-state index contributed by atoms with van der Waals surface area (Å²) in [6, 6.07) is 33.2. The zero-order valence-electron chi connectivity index (χ0n) is 19.3. The van der Waals surface area contributed by atoms with Crippen LogP contribution in [0.2, 0.25) is 0 Å². The van der Waals surface area contributed by atoms with Crippen molar-refractivity contribution in [2.75, 3.05) is 13.2 Å². The molecule has 2 atom stereocenters. The van der Waals surface area contributed by atoms with Crippen molar-refractivity contribution in [2.45, 2.75) is 45.1 Å². The molecule has 0 spiro atoms. The molecule has 1 aliphatic heterocycles. The van der Waals surface area contributed by atoms with E-state index in [1.165, 1.54) is 15.9 Å². The summed E-state index contributed by atoms with van der Waals surface area (Å²) in [6.45, 7) is 8.06. The van der Waals surface area contributed by atoms with E-state index >= 15 is 0 Å². The second-order valence-electron chi connectivity index (χ2n) is 8.99. The van der Waals surface area contributed by atoms with Crippen LogP contribution in [-0.2, 0) is 9.47 Å². The number of benzene rings is 3. The molecule has 1 saturated heterocycles. The zero-order valence-corrected chi connectivity index (χ0v) is 21.8. The number of ether oxygens (including phenoxy) is 2. The summed E-state index contributed by atoms with van der Waals surface area (Å²) >= 11 is 4.65. The maximum atomic E-state index is 6.09. The van der Waals surface area contributed by atoms with E-state index in [-0.39, 0.29) is 5.92 Å². The van der Waals surface area contributed by atoms with Gasteiger partial charge in [0.1, 0.15) is 0 Å². The summed E-state index contributed by atoms with van der Waals surface area (Å²) in [4.78, 5) is 0. The van der Waals surface area contributed by atoms with Gasteiger partial charge in [-0.25, -0.2) is 0 Å². The maximum absolute atomic E-state index is 6.09. The van der Waals surface area contributed by atoms with Gasteiger partial charge < -0.3 is 0 Å². The molecule has 0 aromatic heterocycles. The second-order valence-corrected chi connectivity index (χ2v) is 17.8. The Labute approximate surface area is 201 Å². The Hall–Kier alpha value is -1.51. The van der Waals surface area contributed by atoms with Crippen molar-refractivity contribution in [3.05, 3.63) is 91.0 Å². The van der Waals surface area contributed by atoms with Crippen molar-refractivity contribution in [1.82, 2.24) is 0 Å². The monoisotopic (exact) mass is 512 g/mol. The van der Waals surface area contributed by atoms with Crippen molar-refractivity contribution >= 4 is 36.7 Å². The fraction of sp³-hybridized carbons (Fsp3) is 0.357. The molecule has 1 heterocycles. The van der Waals surface area contributed by atoms with Crippen LogP contribution in [0.25, 0.3) is 0 Å². The van der Waals surface area contributed by atoms with Crippen LogP contribution < -0.4 is 15.9 Å². The number of hydrogen-bond donors (Lipinski definition) is 0. The van der Waals surface area contributed by atoms with Crippen LogP contribution in [-0.4, -0.2) is 24.7 Å². The number of halogens is 1. The third kappa shape index (κ3) is 3.78. The average Bonchev–Trinajstić information content (AvgIpc) is 3.31. The molecule has 1 fully saturated rings. The second kappa shape index (κ2) is 9.39. The molecule has 0 saturated carbocycles. The van der Waals surface area contributed by atoms with Crippen LogP contribution in [0.4, 0.5) is 0 Å². The van der Waals surface area contributed by atoms with Crippen molar-refractivity contribution in [2.24, 2.45) is 5.92 Å². The standard InChI is InChI=1S/C28H34BrO2P/c1-4-24(22-23(2)28(3)30-20-21-31-28)32(29,25-14-8-5-9-15-25,26-16-10-6-11-17-26)27-18-12-7-13-19-27/h5-19,23-24H,4,20-22H2,1-3H3. The summed E-state index contributed by atoms with van der Waals surface area (Å²) < 4.78 is 12.2. The average molecular weight is 513 g/mol. The molecule has 3 aromatic carbocycles. The van der Waals surface area contributed by atoms with Crippen molar-refractivity contribution < 1.29 is 9.47 Å². The van der Waals surface area contributed by atoms with E-state index in [9.17, 15) is 0 Å². The Morgan fingerprint density at radius 1 is 0.781 bits per heavy atom. The fourth-order valence-corrected chi connectivity index (χ4v) is 14.7. The molecule has 0 aliphatic carbocycles. The molecule has 170 valence electrons. The first-order valence-electron chi connectivity index (χ1n) is 11.6. The van der Waals surface area contributed by atoms with Gasteiger partial charge in [0.15, 0.2) is 0 Å². The number of rotatable bonds is 8. The molecule has 0 N–H and O–H groups in total. The normalized spacial score (nSPS) is 19.1. The molecule has 0 amide bonds. The van der Waals surface area contributed by atoms with Crippen LogP contribution in [0.1, 0.15) is 33.6 Å². The van der Waals surface area contributed by atoms with Gasteiger partial charge in [-0.15, -0.1) is 0 Å². The predicted octanol–water partition coefficient (Wildman–Crippen LogP) is 6.39. The van der Waals surface area contributed by atoms with Gasteiger partial charge in [0.25, 0.3) is 0 Å². The van der Waals surface area contributed by atoms with Gasteiger partial charge in [-0.05, 0) is 0 Å². The molecule has 2 unspecified atom stereocenters. The Kier molecular flexibility index (Phi) is 6.94. The van der Waals surface area contributed by atoms with Gasteiger partial charge in [0.05, 0.1) is 0 Å². The third-order valence-corrected chi connectivity index (χ3v) is 18.6. The van der Waals surface area contributed by atoms with Crippen LogP contribution in [0, 0.1) is 5.92 Å². The molecule has 0 radical (unpaired) electrons. The van der Waals surface area contributed by atoms with E-state index in [4.69, 9.17) is 9.47 Å². The first-order chi connectivity index (χ1) is 15.4. The topological polar surface area (TPSA) is 18.5 Å². The quantitative estimate of drug-likeness (QED) is 0.325. The molecule has 4 rings (SSSR count). The van der Waals surface area contributed by atoms with Crippen LogP contribution in [0.3, 0.4) is 0 Å².